The fourth-order valence-electron chi connectivity index (χ4n) is 4.10. The molecule has 0 saturated heterocycles. The molecule has 0 aliphatic rings. The third kappa shape index (κ3) is 32.6. The van der Waals surface area contributed by atoms with E-state index in [9.17, 15) is 4.79 Å². The Balaban J connectivity index is 0. The number of unbranched alkanes of at least 4 members (excludes halogenated alkanes) is 15. The van der Waals surface area contributed by atoms with Crippen molar-refractivity contribution >= 4 is 38.4 Å². The van der Waals surface area contributed by atoms with Gasteiger partial charge in [0.25, 0.3) is 0 Å². The van der Waals surface area contributed by atoms with Crippen molar-refractivity contribution in [3.05, 3.63) is 0 Å². The van der Waals surface area contributed by atoms with Crippen LogP contribution in [-0.2, 0) is 9.53 Å². The summed E-state index contributed by atoms with van der Waals surface area (Å²) in [6.45, 7) is 9.44. The van der Waals surface area contributed by atoms with E-state index in [1.165, 1.54) is 96.3 Å². The topological polar surface area (TPSA) is 26.3 Å². The van der Waals surface area contributed by atoms with Gasteiger partial charge < -0.3 is 4.74 Å². The van der Waals surface area contributed by atoms with E-state index in [1.54, 1.807) is 32.6 Å². The Morgan fingerprint density at radius 1 is 0.545 bits per heavy atom. The summed E-state index contributed by atoms with van der Waals surface area (Å²) in [6, 6.07) is 0. The van der Waals surface area contributed by atoms with Crippen LogP contribution in [0.3, 0.4) is 0 Å². The van der Waals surface area contributed by atoms with E-state index >= 15 is 0 Å². The molecule has 1 radical (unpaired) electrons. The molecule has 0 unspecified atom stereocenters. The molecule has 0 aromatic carbocycles. The van der Waals surface area contributed by atoms with E-state index in [2.05, 4.69) is 38.1 Å². The molecule has 0 spiro atoms. The van der Waals surface area contributed by atoms with Crippen molar-refractivity contribution in [1.82, 2.24) is 0 Å². The number of rotatable bonds is 24. The molecule has 0 rings (SSSR count). The summed E-state index contributed by atoms with van der Waals surface area (Å²) >= 11 is 2.70. The van der Waals surface area contributed by atoms with E-state index in [4.69, 9.17) is 0 Å². The van der Waals surface area contributed by atoms with Gasteiger partial charge in [-0.05, 0) is 6.42 Å². The molecule has 0 aliphatic heterocycles. The monoisotopic (exact) mass is 593 g/mol. The van der Waals surface area contributed by atoms with Crippen LogP contribution in [0, 0.1) is 0 Å². The van der Waals surface area contributed by atoms with Crippen LogP contribution in [0.1, 0.15) is 150 Å². The van der Waals surface area contributed by atoms with Gasteiger partial charge in [0, 0.05) is 0 Å². The second kappa shape index (κ2) is 32.6. The zero-order valence-corrected chi connectivity index (χ0v) is 27.0. The summed E-state index contributed by atoms with van der Waals surface area (Å²) in [6.07, 6.45) is 27.8. The van der Waals surface area contributed by atoms with Crippen molar-refractivity contribution in [2.45, 2.75) is 163 Å². The number of esters is 1. The largest absolute Gasteiger partial charge is 0.465 e. The van der Waals surface area contributed by atoms with Crippen molar-refractivity contribution in [2.75, 3.05) is 12.4 Å². The first-order valence-corrected chi connectivity index (χ1v) is 21.4. The molecular weight excluding hydrogens is 531 g/mol. The molecular formula is C29H61O2SSn. The fourth-order valence-corrected chi connectivity index (χ4v) is 12.8. The number of carbonyl (C=O) groups excluding carboxylic acids is 1. The zero-order valence-electron chi connectivity index (χ0n) is 23.2. The molecule has 0 aromatic rings. The molecule has 0 amide bonds. The van der Waals surface area contributed by atoms with Crippen LogP contribution in [0.2, 0.25) is 13.3 Å². The summed E-state index contributed by atoms with van der Waals surface area (Å²) in [5.74, 6) is -0.0600. The van der Waals surface area contributed by atoms with Crippen molar-refractivity contribution in [1.29, 1.82) is 0 Å². The quantitative estimate of drug-likeness (QED) is 0.0522. The Kier molecular flexibility index (Phi) is 35.4. The molecule has 0 aromatic heterocycles. The summed E-state index contributed by atoms with van der Waals surface area (Å²) in [5, 5.41) is 0. The molecule has 0 heterocycles. The van der Waals surface area contributed by atoms with E-state index in [0.717, 1.165) is 6.42 Å². The summed E-state index contributed by atoms with van der Waals surface area (Å²) in [4.78, 5) is 10.3. The van der Waals surface area contributed by atoms with Gasteiger partial charge in [-0.15, -0.1) is 0 Å². The predicted molar refractivity (Wildman–Crippen MR) is 155 cm³/mol. The van der Waals surface area contributed by atoms with Gasteiger partial charge >= 0.3 is 175 Å². The van der Waals surface area contributed by atoms with Gasteiger partial charge in [0.1, 0.15) is 0 Å². The van der Waals surface area contributed by atoms with E-state index in [1.807, 2.05) is 6.92 Å². The van der Waals surface area contributed by atoms with Crippen LogP contribution < -0.4 is 0 Å². The van der Waals surface area contributed by atoms with E-state index in [-0.39, 0.29) is 11.7 Å². The van der Waals surface area contributed by atoms with Crippen LogP contribution in [0.4, 0.5) is 0 Å². The number of thiol groups is 1. The minimum absolute atomic E-state index is 0.181. The average molecular weight is 593 g/mol. The third-order valence-corrected chi connectivity index (χ3v) is 15.6. The second-order valence-electron chi connectivity index (χ2n) is 9.68. The van der Waals surface area contributed by atoms with Gasteiger partial charge in [-0.2, -0.15) is 12.6 Å². The van der Waals surface area contributed by atoms with Gasteiger partial charge in [-0.25, -0.2) is 0 Å². The van der Waals surface area contributed by atoms with Crippen LogP contribution in [0.5, 0.6) is 0 Å². The Labute approximate surface area is 222 Å². The Bertz CT molecular complexity index is 327. The van der Waals surface area contributed by atoms with E-state index < -0.39 is 19.8 Å². The van der Waals surface area contributed by atoms with Gasteiger partial charge in [0.2, 0.25) is 0 Å². The minimum atomic E-state index is -1.02. The molecule has 2 nitrogen and oxygen atoms in total. The van der Waals surface area contributed by atoms with Crippen LogP contribution in [0.25, 0.3) is 0 Å². The van der Waals surface area contributed by atoms with Crippen molar-refractivity contribution in [3.8, 4) is 0 Å². The Morgan fingerprint density at radius 2 is 0.879 bits per heavy atom. The minimum Gasteiger partial charge on any atom is -0.465 e. The van der Waals surface area contributed by atoms with Gasteiger partial charge in [-0.1, -0.05) is 6.92 Å². The number of hydrogen-bond donors (Lipinski definition) is 1. The SMILES string of the molecule is CCCCCCC[CH2][Sn]([CH2]CCCCCCC)[CH2]CCCCCCC.CCCOC(=O)CS. The molecule has 0 fully saturated rings. The molecule has 0 atom stereocenters. The van der Waals surface area contributed by atoms with Crippen LogP contribution in [0.15, 0.2) is 0 Å². The first-order valence-electron chi connectivity index (χ1n) is 14.8. The molecule has 33 heavy (non-hydrogen) atoms. The smallest absolute Gasteiger partial charge is 0.315 e. The molecule has 0 bridgehead atoms. The van der Waals surface area contributed by atoms with Gasteiger partial charge in [0.15, 0.2) is 0 Å². The number of hydrogen-bond acceptors (Lipinski definition) is 3. The summed E-state index contributed by atoms with van der Waals surface area (Å²) in [7, 11) is 0. The maximum absolute atomic E-state index is 10.3. The molecule has 0 N–H and O–H groups in total. The zero-order chi connectivity index (χ0) is 24.8. The van der Waals surface area contributed by atoms with Crippen molar-refractivity contribution in [2.24, 2.45) is 0 Å². The summed E-state index contributed by atoms with van der Waals surface area (Å²) in [5.41, 5.74) is 0. The average Bonchev–Trinajstić information content (AvgIpc) is 2.83. The molecule has 0 saturated carbocycles. The maximum Gasteiger partial charge on any atom is 0.315 e. The second-order valence-corrected chi connectivity index (χ2v) is 18.6. The normalized spacial score (nSPS) is 10.8. The Morgan fingerprint density at radius 3 is 1.18 bits per heavy atom. The third-order valence-electron chi connectivity index (χ3n) is 6.25. The van der Waals surface area contributed by atoms with Crippen LogP contribution >= 0.6 is 12.6 Å². The number of carbonyl (C=O) groups is 1. The van der Waals surface area contributed by atoms with Crippen molar-refractivity contribution in [3.63, 3.8) is 0 Å². The number of ether oxygens (including phenoxy) is 1. The molecule has 4 heteroatoms. The maximum atomic E-state index is 10.3. The molecule has 0 aliphatic carbocycles. The van der Waals surface area contributed by atoms with Crippen molar-refractivity contribution < 1.29 is 9.53 Å². The standard InChI is InChI=1S/3C8H17.C5H10O2S.Sn/c3*1-3-5-7-8-6-4-2;1-2-3-7-5(6)4-8;/h3*1,3-8H2,2H3;8H,2-4H2,1H3;. The van der Waals surface area contributed by atoms with Crippen LogP contribution in [-0.4, -0.2) is 38.1 Å². The summed E-state index contributed by atoms with van der Waals surface area (Å²) < 4.78 is 9.79. The first-order chi connectivity index (χ1) is 16.2. The van der Waals surface area contributed by atoms with E-state index in [0.29, 0.717) is 6.61 Å². The Hall–Kier alpha value is 0.619. The predicted octanol–water partition coefficient (Wildman–Crippen LogP) is 10.4. The van der Waals surface area contributed by atoms with Gasteiger partial charge in [0.05, 0.1) is 12.4 Å². The first kappa shape index (κ1) is 35.8. The fraction of sp³-hybridized carbons (Fsp3) is 0.966. The molecule has 199 valence electrons. The van der Waals surface area contributed by atoms with Gasteiger partial charge in [-0.3, -0.25) is 4.79 Å².